The molecule has 0 spiro atoms. The first-order valence-electron chi connectivity index (χ1n) is 9.29. The number of para-hydroxylation sites is 1. The third-order valence-electron chi connectivity index (χ3n) is 5.06. The van der Waals surface area contributed by atoms with Crippen LogP contribution in [0.3, 0.4) is 0 Å². The fraction of sp³-hybridized carbons (Fsp3) is 0.333. The molecule has 27 heavy (non-hydrogen) atoms. The van der Waals surface area contributed by atoms with Crippen LogP contribution >= 0.6 is 0 Å². The van der Waals surface area contributed by atoms with Crippen LogP contribution in [0.1, 0.15) is 22.7 Å². The van der Waals surface area contributed by atoms with E-state index in [0.29, 0.717) is 18.2 Å². The molecule has 6 heteroatoms. The van der Waals surface area contributed by atoms with Gasteiger partial charge in [-0.2, -0.15) is 0 Å². The van der Waals surface area contributed by atoms with Crippen molar-refractivity contribution in [1.29, 1.82) is 0 Å². The summed E-state index contributed by atoms with van der Waals surface area (Å²) >= 11 is 0. The Hall–Kier alpha value is -3.02. The lowest BCUT2D eigenvalue weighted by Crippen LogP contribution is -2.33. The van der Waals surface area contributed by atoms with Crippen LogP contribution in [0.5, 0.6) is 0 Å². The van der Waals surface area contributed by atoms with Gasteiger partial charge in [0, 0.05) is 44.8 Å². The van der Waals surface area contributed by atoms with Crippen LogP contribution in [0.4, 0.5) is 5.69 Å². The summed E-state index contributed by atoms with van der Waals surface area (Å²) in [6, 6.07) is 14.1. The van der Waals surface area contributed by atoms with Gasteiger partial charge in [-0.15, -0.1) is 0 Å². The molecule has 4 rings (SSSR count). The number of rotatable bonds is 6. The van der Waals surface area contributed by atoms with E-state index in [2.05, 4.69) is 34.1 Å². The van der Waals surface area contributed by atoms with Gasteiger partial charge in [-0.3, -0.25) is 4.79 Å². The second-order valence-corrected chi connectivity index (χ2v) is 7.12. The number of anilines is 1. The van der Waals surface area contributed by atoms with E-state index in [9.17, 15) is 4.79 Å². The third-order valence-corrected chi connectivity index (χ3v) is 5.06. The largest absolute Gasteiger partial charge is 0.454 e. The number of nitrogens with zero attached hydrogens (tertiary/aromatic N) is 4. The van der Waals surface area contributed by atoms with Crippen LogP contribution in [0.2, 0.25) is 0 Å². The van der Waals surface area contributed by atoms with Gasteiger partial charge in [-0.1, -0.05) is 18.2 Å². The zero-order chi connectivity index (χ0) is 18.6. The molecule has 1 aliphatic heterocycles. The SMILES string of the molecule is CN(CC1CCN(c2ccccc2)C1)C(=O)c1ccc(Cn2ccnc2)o1. The molecule has 0 N–H and O–H groups in total. The summed E-state index contributed by atoms with van der Waals surface area (Å²) in [6.45, 7) is 3.32. The summed E-state index contributed by atoms with van der Waals surface area (Å²) in [5, 5.41) is 0. The summed E-state index contributed by atoms with van der Waals surface area (Å²) in [6.07, 6.45) is 6.42. The molecule has 0 radical (unpaired) electrons. The monoisotopic (exact) mass is 364 g/mol. The Morgan fingerprint density at radius 3 is 2.89 bits per heavy atom. The maximum absolute atomic E-state index is 12.7. The summed E-state index contributed by atoms with van der Waals surface area (Å²) < 4.78 is 7.65. The zero-order valence-corrected chi connectivity index (χ0v) is 15.5. The molecule has 1 saturated heterocycles. The van der Waals surface area contributed by atoms with E-state index in [1.54, 1.807) is 23.5 Å². The molecule has 1 aliphatic rings. The van der Waals surface area contributed by atoms with Crippen molar-refractivity contribution in [2.24, 2.45) is 5.92 Å². The molecule has 0 aliphatic carbocycles. The average Bonchev–Trinajstić information content (AvgIpc) is 3.44. The van der Waals surface area contributed by atoms with Gasteiger partial charge >= 0.3 is 0 Å². The molecule has 0 bridgehead atoms. The van der Waals surface area contributed by atoms with E-state index < -0.39 is 0 Å². The maximum Gasteiger partial charge on any atom is 0.289 e. The number of aromatic nitrogens is 2. The summed E-state index contributed by atoms with van der Waals surface area (Å²) in [7, 11) is 1.85. The van der Waals surface area contributed by atoms with Crippen molar-refractivity contribution in [3.05, 3.63) is 72.7 Å². The molecule has 140 valence electrons. The van der Waals surface area contributed by atoms with Gasteiger partial charge in [0.15, 0.2) is 5.76 Å². The van der Waals surface area contributed by atoms with Gasteiger partial charge in [-0.05, 0) is 36.6 Å². The lowest BCUT2D eigenvalue weighted by molar-refractivity contribution is 0.0742. The van der Waals surface area contributed by atoms with Gasteiger partial charge in [0.2, 0.25) is 0 Å². The normalized spacial score (nSPS) is 16.6. The van der Waals surface area contributed by atoms with Gasteiger partial charge in [0.05, 0.1) is 12.9 Å². The van der Waals surface area contributed by atoms with E-state index in [1.807, 2.05) is 29.9 Å². The molecule has 6 nitrogen and oxygen atoms in total. The minimum absolute atomic E-state index is 0.0648. The molecular weight excluding hydrogens is 340 g/mol. The third kappa shape index (κ3) is 4.05. The maximum atomic E-state index is 12.7. The Labute approximate surface area is 159 Å². The highest BCUT2D eigenvalue weighted by Gasteiger charge is 2.26. The lowest BCUT2D eigenvalue weighted by Gasteiger charge is -2.22. The van der Waals surface area contributed by atoms with E-state index >= 15 is 0 Å². The number of hydrogen-bond donors (Lipinski definition) is 0. The topological polar surface area (TPSA) is 54.5 Å². The Bertz CT molecular complexity index is 873. The second kappa shape index (κ2) is 7.70. The van der Waals surface area contributed by atoms with E-state index in [0.717, 1.165) is 31.8 Å². The molecular formula is C21H24N4O2. The van der Waals surface area contributed by atoms with Crippen LogP contribution in [0.25, 0.3) is 0 Å². The Morgan fingerprint density at radius 2 is 2.11 bits per heavy atom. The molecule has 1 aromatic carbocycles. The molecule has 1 amide bonds. The van der Waals surface area contributed by atoms with Crippen molar-refractivity contribution in [3.8, 4) is 0 Å². The Balaban J connectivity index is 1.32. The van der Waals surface area contributed by atoms with Crippen molar-refractivity contribution in [1.82, 2.24) is 14.5 Å². The summed E-state index contributed by atoms with van der Waals surface area (Å²) in [5.41, 5.74) is 1.25. The average molecular weight is 364 g/mol. The molecule has 2 aromatic heterocycles. The molecule has 1 unspecified atom stereocenters. The predicted molar refractivity (Wildman–Crippen MR) is 104 cm³/mol. The van der Waals surface area contributed by atoms with E-state index in [1.165, 1.54) is 5.69 Å². The summed E-state index contributed by atoms with van der Waals surface area (Å²) in [5.74, 6) is 1.55. The number of carbonyl (C=O) groups is 1. The van der Waals surface area contributed by atoms with E-state index in [4.69, 9.17) is 4.42 Å². The van der Waals surface area contributed by atoms with Gasteiger partial charge in [-0.25, -0.2) is 4.98 Å². The van der Waals surface area contributed by atoms with Gasteiger partial charge in [0.25, 0.3) is 5.91 Å². The first kappa shape index (κ1) is 17.4. The van der Waals surface area contributed by atoms with Crippen molar-refractivity contribution in [2.75, 3.05) is 31.6 Å². The smallest absolute Gasteiger partial charge is 0.289 e. The molecule has 0 saturated carbocycles. The first-order chi connectivity index (χ1) is 13.2. The Kier molecular flexibility index (Phi) is 4.96. The quantitative estimate of drug-likeness (QED) is 0.674. The van der Waals surface area contributed by atoms with Crippen LogP contribution in [0.15, 0.2) is 65.6 Å². The molecule has 3 heterocycles. The van der Waals surface area contributed by atoms with Crippen LogP contribution in [-0.2, 0) is 6.54 Å². The van der Waals surface area contributed by atoms with Crippen molar-refractivity contribution >= 4 is 11.6 Å². The van der Waals surface area contributed by atoms with E-state index in [-0.39, 0.29) is 5.91 Å². The van der Waals surface area contributed by atoms with Crippen LogP contribution < -0.4 is 4.90 Å². The Morgan fingerprint density at radius 1 is 1.26 bits per heavy atom. The van der Waals surface area contributed by atoms with Crippen molar-refractivity contribution in [2.45, 2.75) is 13.0 Å². The first-order valence-corrected chi connectivity index (χ1v) is 9.29. The number of benzene rings is 1. The number of hydrogen-bond acceptors (Lipinski definition) is 4. The second-order valence-electron chi connectivity index (χ2n) is 7.12. The molecule has 1 fully saturated rings. The van der Waals surface area contributed by atoms with Crippen LogP contribution in [-0.4, -0.2) is 47.0 Å². The van der Waals surface area contributed by atoms with Gasteiger partial charge in [0.1, 0.15) is 5.76 Å². The number of carbonyl (C=O) groups excluding carboxylic acids is 1. The highest BCUT2D eigenvalue weighted by Crippen LogP contribution is 2.24. The number of amides is 1. The van der Waals surface area contributed by atoms with Crippen LogP contribution in [0, 0.1) is 5.92 Å². The zero-order valence-electron chi connectivity index (χ0n) is 15.5. The fourth-order valence-electron chi connectivity index (χ4n) is 3.65. The fourth-order valence-corrected chi connectivity index (χ4v) is 3.65. The lowest BCUT2D eigenvalue weighted by atomic mass is 10.1. The predicted octanol–water partition coefficient (Wildman–Crippen LogP) is 3.12. The van der Waals surface area contributed by atoms with Gasteiger partial charge < -0.3 is 18.8 Å². The number of imidazole rings is 1. The number of furan rings is 1. The highest BCUT2D eigenvalue weighted by atomic mass is 16.4. The minimum Gasteiger partial charge on any atom is -0.454 e. The molecule has 3 aromatic rings. The summed E-state index contributed by atoms with van der Waals surface area (Å²) in [4.78, 5) is 20.9. The molecule has 1 atom stereocenters. The minimum atomic E-state index is -0.0648. The highest BCUT2D eigenvalue weighted by molar-refractivity contribution is 5.91. The van der Waals surface area contributed by atoms with Crippen molar-refractivity contribution < 1.29 is 9.21 Å². The standard InChI is InChI=1S/C21H24N4O2/c1-23(13-17-9-11-25(14-17)18-5-3-2-4-6-18)21(26)20-8-7-19(27-20)15-24-12-10-22-16-24/h2-8,10,12,16-17H,9,11,13-15H2,1H3. The van der Waals surface area contributed by atoms with Crippen molar-refractivity contribution in [3.63, 3.8) is 0 Å².